The molecule has 2 aliphatic carbocycles. The van der Waals surface area contributed by atoms with Crippen molar-refractivity contribution < 1.29 is 49.4 Å². The van der Waals surface area contributed by atoms with Crippen molar-refractivity contribution in [3.8, 4) is 39.5 Å². The summed E-state index contributed by atoms with van der Waals surface area (Å²) in [5.74, 6) is 4.37. The lowest BCUT2D eigenvalue weighted by molar-refractivity contribution is 0.0270. The molecule has 1 fully saturated rings. The van der Waals surface area contributed by atoms with E-state index in [1.165, 1.54) is 78.8 Å². The number of hydrogen-bond donors (Lipinski definition) is 12. The third-order valence-corrected chi connectivity index (χ3v) is 25.8. The number of aryl methyl sites for hydroxylation is 4. The second-order valence-corrected chi connectivity index (χ2v) is 39.5. The summed E-state index contributed by atoms with van der Waals surface area (Å²) in [4.78, 5) is 73.3. The summed E-state index contributed by atoms with van der Waals surface area (Å²) in [5, 5.41) is 35.7. The molecule has 2 unspecified atom stereocenters. The number of esters is 1. The first-order chi connectivity index (χ1) is 65.1. The van der Waals surface area contributed by atoms with Crippen LogP contribution in [0.5, 0.6) is 5.75 Å². The van der Waals surface area contributed by atoms with E-state index in [1.54, 1.807) is 90.8 Å². The van der Waals surface area contributed by atoms with Gasteiger partial charge in [0.2, 0.25) is 59.8 Å². The zero-order valence-corrected chi connectivity index (χ0v) is 81.4. The SMILES string of the molecule is CC(C)(C)OC(=O)N1CC=C(c2cc(CCCc3ccc(S(N)(=O)=O)cc3)nc(N)n2)CC1.CC1CC1Cc1cc(-c2cccc(Cl)c2Cl)nc(N)n1.CCOC(=O)c1ccc(CCCNc2cc(-c3cccc(C)c3C)nc(N)n2)nc1.Nc1nc(NCCc2ccc(S(N)(=O)=O)cc2)cc(-c2cccc(O)c2)n1.Nc1nc(NCCc2ccc(S(N)(=O)=O)cc2)cc(C2=CCCCCC2)n1. The molecule has 6 aromatic heterocycles. The van der Waals surface area contributed by atoms with E-state index in [-0.39, 0.29) is 62.2 Å². The number of anilines is 8. The molecule has 0 radical (unpaired) electrons. The van der Waals surface area contributed by atoms with Crippen molar-refractivity contribution in [2.24, 2.45) is 27.3 Å². The van der Waals surface area contributed by atoms with Crippen molar-refractivity contribution in [2.75, 3.05) is 83.9 Å². The fourth-order valence-electron chi connectivity index (χ4n) is 14.8. The fourth-order valence-corrected chi connectivity index (χ4v) is 16.7. The Balaban J connectivity index is 0.000000165. The maximum Gasteiger partial charge on any atom is 0.410 e. The number of nitrogens with two attached hydrogens (primary N) is 8. The molecule has 6 aromatic carbocycles. The Labute approximate surface area is 809 Å². The highest BCUT2D eigenvalue weighted by Crippen LogP contribution is 2.41. The molecule has 39 heteroatoms. The van der Waals surface area contributed by atoms with Crippen LogP contribution < -0.4 is 60.0 Å². The van der Waals surface area contributed by atoms with Crippen LogP contribution in [-0.4, -0.2) is 147 Å². The number of sulfonamides is 3. The Morgan fingerprint density at radius 3 is 1.54 bits per heavy atom. The number of hydrogen-bond acceptors (Lipinski definition) is 30. The summed E-state index contributed by atoms with van der Waals surface area (Å²) in [7, 11) is -11.0. The van der Waals surface area contributed by atoms with Crippen LogP contribution in [0.15, 0.2) is 209 Å². The van der Waals surface area contributed by atoms with E-state index < -0.39 is 35.7 Å². The van der Waals surface area contributed by atoms with Gasteiger partial charge in [0, 0.05) is 90.9 Å². The zero-order chi connectivity index (χ0) is 98.7. The first-order valence-corrected chi connectivity index (χ1v) is 50.1. The van der Waals surface area contributed by atoms with Crippen LogP contribution in [0.3, 0.4) is 0 Å². The van der Waals surface area contributed by atoms with Gasteiger partial charge >= 0.3 is 12.1 Å². The zero-order valence-electron chi connectivity index (χ0n) is 77.5. The number of aromatic hydroxyl groups is 1. The number of phenols is 1. The Kier molecular flexibility index (Phi) is 36.7. The molecule has 0 saturated heterocycles. The molecule has 1 amide bonds. The smallest absolute Gasteiger partial charge is 0.410 e. The van der Waals surface area contributed by atoms with Gasteiger partial charge in [0.15, 0.2) is 0 Å². The van der Waals surface area contributed by atoms with E-state index in [1.807, 2.05) is 87.5 Å². The average molecular weight is 1960 g/mol. The number of ether oxygens (including phenoxy) is 2. The van der Waals surface area contributed by atoms with Gasteiger partial charge in [0.25, 0.3) is 0 Å². The first-order valence-electron chi connectivity index (χ1n) is 44.7. The first kappa shape index (κ1) is 104. The molecule has 3 aliphatic rings. The third-order valence-electron chi connectivity index (χ3n) is 22.2. The second kappa shape index (κ2) is 48.4. The normalized spacial score (nSPS) is 14.1. The number of allylic oxidation sites excluding steroid dienone is 2. The molecule has 15 rings (SSSR count). The van der Waals surface area contributed by atoms with Crippen LogP contribution in [0.1, 0.15) is 159 Å². The minimum absolute atomic E-state index is 0.0820. The van der Waals surface area contributed by atoms with Crippen LogP contribution in [0.4, 0.5) is 52.0 Å². The largest absolute Gasteiger partial charge is 0.508 e. The highest BCUT2D eigenvalue weighted by Gasteiger charge is 2.33. The van der Waals surface area contributed by atoms with Crippen molar-refractivity contribution >= 4 is 124 Å². The number of benzene rings is 6. The minimum Gasteiger partial charge on any atom is -0.508 e. The third kappa shape index (κ3) is 33.0. The van der Waals surface area contributed by atoms with E-state index in [0.29, 0.717) is 110 Å². The number of rotatable bonds is 29. The number of phenolic OH excluding ortho intramolecular Hbond substituents is 1. The van der Waals surface area contributed by atoms with Gasteiger partial charge in [-0.15, -0.1) is 0 Å². The molecule has 722 valence electrons. The lowest BCUT2D eigenvalue weighted by atomic mass is 10.0. The Hall–Kier alpha value is -13.4. The van der Waals surface area contributed by atoms with Crippen LogP contribution in [0, 0.1) is 25.7 Å². The number of aromatic nitrogens is 11. The molecule has 1 saturated carbocycles. The van der Waals surface area contributed by atoms with E-state index in [2.05, 4.69) is 104 Å². The van der Waals surface area contributed by atoms with Gasteiger partial charge in [-0.2, -0.15) is 15.0 Å². The molecular formula is C98H117Cl2N23O11S3. The molecule has 0 bridgehead atoms. The van der Waals surface area contributed by atoms with Crippen LogP contribution >= 0.6 is 23.2 Å². The lowest BCUT2D eigenvalue weighted by Gasteiger charge is -2.29. The predicted octanol–water partition coefficient (Wildman–Crippen LogP) is 15.5. The number of nitrogens with one attached hydrogen (secondary N) is 3. The van der Waals surface area contributed by atoms with Gasteiger partial charge in [-0.25, -0.2) is 85.1 Å². The van der Waals surface area contributed by atoms with Gasteiger partial charge in [-0.1, -0.05) is 128 Å². The van der Waals surface area contributed by atoms with E-state index in [0.717, 1.165) is 130 Å². The molecule has 137 heavy (non-hydrogen) atoms. The maximum atomic E-state index is 12.3. The summed E-state index contributed by atoms with van der Waals surface area (Å²) < 4.78 is 78.3. The van der Waals surface area contributed by atoms with E-state index >= 15 is 0 Å². The number of primary sulfonamides is 3. The van der Waals surface area contributed by atoms with Crippen molar-refractivity contribution in [1.29, 1.82) is 0 Å². The molecule has 12 aromatic rings. The standard InChI is InChI=1S/C23H31N5O4S.C23H27N5O2.C19H25N5O2S.C18H19N5O3S.C15H15Cl2N3/c1-23(2,3)32-22(29)28-13-11-17(12-14-28)20-15-18(26-21(24)27-20)6-4-5-16-7-9-19(10-8-16)33(25,30)31;1-4-30-22(29)17-10-11-18(26-14-17)8-6-12-25-21-13-20(27-23(24)28-21)19-9-5-7-15(2)16(19)3;20-19-23-17(15-5-3-1-2-4-6-15)13-18(24-19)22-12-11-14-7-9-16(10-8-14)27(21,25)26;19-18-22-16(13-2-1-3-14(24)10-13)11-17(23-18)21-9-8-12-4-6-15(7-5-12)27(20,25)26;1-8-5-9(8)6-10-7-13(20-15(18)19-10)11-3-2-4-12(16)14(11)17/h7-11,15H,4-6,12-14H2,1-3H3,(H2,24,26,27)(H2,25,30,31);5,7,9-11,13-14H,4,6,8,12H2,1-3H3,(H3,24,25,27,28);5,7-10,13H,1-4,6,11-12H2,(H2,21,25,26)(H3,20,22,23,24);1-7,10-11,24H,8-9H2,(H2,20,25,26)(H3,19,21,22,23);2-4,7-9H,5-6H2,1H3,(H2,18,19,20). The van der Waals surface area contributed by atoms with Crippen molar-refractivity contribution in [2.45, 2.75) is 165 Å². The highest BCUT2D eigenvalue weighted by atomic mass is 35.5. The van der Waals surface area contributed by atoms with Gasteiger partial charge < -0.3 is 64.1 Å². The number of pyridine rings is 1. The van der Waals surface area contributed by atoms with E-state index in [4.69, 9.17) is 76.8 Å². The Morgan fingerprint density at radius 1 is 0.511 bits per heavy atom. The summed E-state index contributed by atoms with van der Waals surface area (Å²) in [6, 6.07) is 51.0. The van der Waals surface area contributed by atoms with Crippen LogP contribution in [0.2, 0.25) is 10.0 Å². The van der Waals surface area contributed by atoms with Crippen molar-refractivity contribution in [3.05, 3.63) is 266 Å². The number of halogens is 2. The maximum absolute atomic E-state index is 12.3. The average Bonchev–Trinajstić information content (AvgIpc) is 1.03. The van der Waals surface area contributed by atoms with Gasteiger partial charge in [0.05, 0.1) is 65.4 Å². The Morgan fingerprint density at radius 2 is 1.00 bits per heavy atom. The van der Waals surface area contributed by atoms with Crippen LogP contribution in [0.25, 0.3) is 44.9 Å². The second-order valence-electron chi connectivity index (χ2n) is 34.1. The molecular weight excluding hydrogens is 1840 g/mol. The van der Waals surface area contributed by atoms with Crippen molar-refractivity contribution in [1.82, 2.24) is 59.7 Å². The molecule has 1 aliphatic heterocycles. The van der Waals surface area contributed by atoms with Crippen LogP contribution in [-0.2, 0) is 78.1 Å². The quantitative estimate of drug-likeness (QED) is 0.0153. The predicted molar refractivity (Wildman–Crippen MR) is 539 cm³/mol. The topological polar surface area (TPSA) is 565 Å². The fraction of sp³-hybridized carbons (Fsp3) is 0.316. The molecule has 20 N–H and O–H groups in total. The van der Waals surface area contributed by atoms with Gasteiger partial charge in [0.1, 0.15) is 28.8 Å². The lowest BCUT2D eigenvalue weighted by Crippen LogP contribution is -2.39. The molecule has 34 nitrogen and oxygen atoms in total. The Bertz CT molecular complexity index is 6630. The summed E-state index contributed by atoms with van der Waals surface area (Å²) in [6.45, 7) is 17.0. The molecule has 0 spiro atoms. The number of nitrogens with zero attached hydrogens (tertiary/aromatic N) is 12. The number of nitrogen functional groups attached to an aromatic ring is 5. The minimum atomic E-state index is -3.69. The molecule has 7 heterocycles. The highest BCUT2D eigenvalue weighted by molar-refractivity contribution is 7.89. The van der Waals surface area contributed by atoms with E-state index in [9.17, 15) is 39.9 Å². The summed E-state index contributed by atoms with van der Waals surface area (Å²) in [6.07, 6.45) is 19.4. The number of carbonyl (C=O) groups excluding carboxylic acids is 2. The van der Waals surface area contributed by atoms with Crippen molar-refractivity contribution in [3.63, 3.8) is 0 Å². The van der Waals surface area contributed by atoms with Gasteiger partial charge in [-0.05, 0) is 261 Å². The summed E-state index contributed by atoms with van der Waals surface area (Å²) >= 11 is 12.3. The van der Waals surface area contributed by atoms with Gasteiger partial charge in [-0.3, -0.25) is 4.98 Å². The summed E-state index contributed by atoms with van der Waals surface area (Å²) in [5.41, 5.74) is 46.0. The number of amides is 1. The number of carbonyl (C=O) groups is 2. The monoisotopic (exact) mass is 1960 g/mol. The molecule has 2 atom stereocenters.